The van der Waals surface area contributed by atoms with Gasteiger partial charge in [-0.1, -0.05) is 54.2 Å². The van der Waals surface area contributed by atoms with Gasteiger partial charge in [-0.05, 0) is 37.0 Å². The summed E-state index contributed by atoms with van der Waals surface area (Å²) in [5.41, 5.74) is 3.57. The molecule has 1 saturated heterocycles. The van der Waals surface area contributed by atoms with E-state index < -0.39 is 0 Å². The molecule has 6 heteroatoms. The predicted molar refractivity (Wildman–Crippen MR) is 115 cm³/mol. The number of aryl methyl sites for hydroxylation is 2. The van der Waals surface area contributed by atoms with E-state index >= 15 is 0 Å². The number of anilines is 1. The largest absolute Gasteiger partial charge is 0.311 e. The van der Waals surface area contributed by atoms with Crippen LogP contribution in [-0.2, 0) is 16.0 Å². The Balaban J connectivity index is 1.54. The summed E-state index contributed by atoms with van der Waals surface area (Å²) in [4.78, 5) is 41.4. The van der Waals surface area contributed by atoms with Gasteiger partial charge in [-0.25, -0.2) is 0 Å². The predicted octanol–water partition coefficient (Wildman–Crippen LogP) is 3.57. The number of hydrogen-bond acceptors (Lipinski definition) is 4. The molecular weight excluding hydrogens is 384 g/mol. The average molecular weight is 407 g/mol. The summed E-state index contributed by atoms with van der Waals surface area (Å²) in [5.74, 6) is -0.169. The monoisotopic (exact) mass is 406 g/mol. The van der Waals surface area contributed by atoms with Crippen molar-refractivity contribution in [3.8, 4) is 0 Å². The molecule has 0 bridgehead atoms. The molecule has 0 aromatic heterocycles. The summed E-state index contributed by atoms with van der Waals surface area (Å²) in [5, 5.41) is 0.543. The first-order chi connectivity index (χ1) is 14.0. The van der Waals surface area contributed by atoms with E-state index in [1.54, 1.807) is 11.0 Å². The molecule has 1 fully saturated rings. The van der Waals surface area contributed by atoms with Crippen molar-refractivity contribution in [1.82, 2.24) is 4.90 Å². The van der Waals surface area contributed by atoms with Gasteiger partial charge in [0.2, 0.25) is 11.8 Å². The molecule has 29 heavy (non-hydrogen) atoms. The van der Waals surface area contributed by atoms with Gasteiger partial charge in [0, 0.05) is 23.9 Å². The van der Waals surface area contributed by atoms with E-state index in [0.29, 0.717) is 17.1 Å². The minimum absolute atomic E-state index is 0.0486. The van der Waals surface area contributed by atoms with Gasteiger partial charge in [0.15, 0.2) is 5.78 Å². The van der Waals surface area contributed by atoms with Crippen LogP contribution in [0.25, 0.3) is 0 Å². The van der Waals surface area contributed by atoms with Crippen molar-refractivity contribution < 1.29 is 14.4 Å². The Morgan fingerprint density at radius 3 is 2.69 bits per heavy atom. The lowest BCUT2D eigenvalue weighted by Gasteiger charge is -2.31. The van der Waals surface area contributed by atoms with Crippen molar-refractivity contribution >= 4 is 35.0 Å². The summed E-state index contributed by atoms with van der Waals surface area (Å²) in [6.07, 6.45) is 3.34. The van der Waals surface area contributed by atoms with Crippen LogP contribution in [-0.4, -0.2) is 41.3 Å². The van der Waals surface area contributed by atoms with Crippen LogP contribution in [0, 0.1) is 6.92 Å². The minimum Gasteiger partial charge on any atom is -0.311 e. The zero-order chi connectivity index (χ0) is 20.4. The second-order valence-corrected chi connectivity index (χ2v) is 8.20. The van der Waals surface area contributed by atoms with Crippen LogP contribution in [0.1, 0.15) is 27.9 Å². The highest BCUT2D eigenvalue weighted by atomic mass is 32.2. The first kappa shape index (κ1) is 19.5. The van der Waals surface area contributed by atoms with Crippen molar-refractivity contribution in [1.29, 1.82) is 0 Å². The number of hydrogen-bond donors (Lipinski definition) is 0. The Bertz CT molecular complexity index is 1010. The van der Waals surface area contributed by atoms with E-state index in [9.17, 15) is 14.4 Å². The second kappa shape index (κ2) is 8.25. The highest BCUT2D eigenvalue weighted by Crippen LogP contribution is 2.31. The van der Waals surface area contributed by atoms with Gasteiger partial charge in [-0.15, -0.1) is 0 Å². The number of amides is 2. The van der Waals surface area contributed by atoms with Crippen LogP contribution >= 0.6 is 11.8 Å². The molecule has 2 aromatic carbocycles. The van der Waals surface area contributed by atoms with Crippen molar-refractivity contribution in [2.24, 2.45) is 0 Å². The number of rotatable bonds is 4. The lowest BCUT2D eigenvalue weighted by molar-refractivity contribution is -0.130. The first-order valence-electron chi connectivity index (χ1n) is 9.67. The Morgan fingerprint density at radius 2 is 1.86 bits per heavy atom. The fourth-order valence-corrected chi connectivity index (χ4v) is 4.69. The van der Waals surface area contributed by atoms with E-state index in [-0.39, 0.29) is 29.9 Å². The van der Waals surface area contributed by atoms with Crippen LogP contribution in [0.3, 0.4) is 0 Å². The minimum atomic E-state index is -0.152. The number of thioether (sulfide) groups is 1. The molecule has 2 aliphatic heterocycles. The molecule has 2 heterocycles. The van der Waals surface area contributed by atoms with Crippen LogP contribution in [0.2, 0.25) is 0 Å². The van der Waals surface area contributed by atoms with Crippen LogP contribution in [0.4, 0.5) is 5.69 Å². The maximum absolute atomic E-state index is 13.0. The quantitative estimate of drug-likeness (QED) is 0.575. The van der Waals surface area contributed by atoms with E-state index in [1.807, 2.05) is 49.4 Å². The third kappa shape index (κ3) is 3.98. The fraction of sp³-hybridized carbons (Fsp3) is 0.261. The van der Waals surface area contributed by atoms with Gasteiger partial charge in [-0.2, -0.15) is 0 Å². The van der Waals surface area contributed by atoms with E-state index in [2.05, 4.69) is 0 Å². The summed E-state index contributed by atoms with van der Waals surface area (Å²) in [6, 6.07) is 15.3. The second-order valence-electron chi connectivity index (χ2n) is 7.21. The normalized spacial score (nSPS) is 17.6. The number of benzene rings is 2. The number of allylic oxidation sites excluding steroid dienone is 1. The molecule has 2 aliphatic rings. The van der Waals surface area contributed by atoms with Crippen molar-refractivity contribution in [2.75, 3.05) is 23.7 Å². The SMILES string of the molecule is Cc1ccccc1C(=O)/C=C1\SCC(=O)N1CC(=O)N1CCCc2ccccc21. The summed E-state index contributed by atoms with van der Waals surface area (Å²) in [6.45, 7) is 2.48. The van der Waals surface area contributed by atoms with E-state index in [4.69, 9.17) is 0 Å². The maximum atomic E-state index is 13.0. The van der Waals surface area contributed by atoms with E-state index in [1.165, 1.54) is 22.7 Å². The number of ketones is 1. The number of para-hydroxylation sites is 1. The van der Waals surface area contributed by atoms with Crippen LogP contribution in [0.15, 0.2) is 59.6 Å². The molecule has 2 amide bonds. The highest BCUT2D eigenvalue weighted by molar-refractivity contribution is 8.04. The molecule has 0 N–H and O–H groups in total. The maximum Gasteiger partial charge on any atom is 0.247 e. The average Bonchev–Trinajstić information content (AvgIpc) is 3.07. The molecule has 2 aromatic rings. The van der Waals surface area contributed by atoms with E-state index in [0.717, 1.165) is 29.7 Å². The zero-order valence-corrected chi connectivity index (χ0v) is 17.1. The first-order valence-corrected chi connectivity index (χ1v) is 10.7. The molecule has 4 rings (SSSR count). The number of carbonyl (C=O) groups is 3. The molecular formula is C23H22N2O3S. The van der Waals surface area contributed by atoms with Gasteiger partial charge in [0.05, 0.1) is 10.8 Å². The lowest BCUT2D eigenvalue weighted by Crippen LogP contribution is -2.43. The third-order valence-electron chi connectivity index (χ3n) is 5.28. The summed E-state index contributed by atoms with van der Waals surface area (Å²) in [7, 11) is 0. The fourth-order valence-electron chi connectivity index (χ4n) is 3.75. The Kier molecular flexibility index (Phi) is 5.53. The van der Waals surface area contributed by atoms with Gasteiger partial charge in [-0.3, -0.25) is 19.3 Å². The highest BCUT2D eigenvalue weighted by Gasteiger charge is 2.32. The van der Waals surface area contributed by atoms with Crippen LogP contribution < -0.4 is 4.90 Å². The topological polar surface area (TPSA) is 57.7 Å². The van der Waals surface area contributed by atoms with Crippen molar-refractivity contribution in [3.63, 3.8) is 0 Å². The molecule has 0 atom stereocenters. The van der Waals surface area contributed by atoms with Crippen LogP contribution in [0.5, 0.6) is 0 Å². The number of fused-ring (bicyclic) bond motifs is 1. The standard InChI is InChI=1S/C23H22N2O3S/c1-16-7-2-4-10-18(16)20(26)13-23-25(22(28)15-29-23)14-21(27)24-12-6-9-17-8-3-5-11-19(17)24/h2-5,7-8,10-11,13H,6,9,12,14-15H2,1H3/b23-13-. The number of carbonyl (C=O) groups excluding carboxylic acids is 3. The molecule has 0 radical (unpaired) electrons. The summed E-state index contributed by atoms with van der Waals surface area (Å²) >= 11 is 1.31. The molecule has 0 saturated carbocycles. The summed E-state index contributed by atoms with van der Waals surface area (Å²) < 4.78 is 0. The lowest BCUT2D eigenvalue weighted by atomic mass is 10.0. The zero-order valence-electron chi connectivity index (χ0n) is 16.3. The molecule has 5 nitrogen and oxygen atoms in total. The number of nitrogens with zero attached hydrogens (tertiary/aromatic N) is 2. The van der Waals surface area contributed by atoms with Gasteiger partial charge in [0.1, 0.15) is 6.54 Å². The third-order valence-corrected chi connectivity index (χ3v) is 6.31. The van der Waals surface area contributed by atoms with Gasteiger partial charge in [0.25, 0.3) is 0 Å². The molecule has 0 aliphatic carbocycles. The Morgan fingerprint density at radius 1 is 1.10 bits per heavy atom. The van der Waals surface area contributed by atoms with Crippen molar-refractivity contribution in [2.45, 2.75) is 19.8 Å². The molecule has 0 spiro atoms. The molecule has 0 unspecified atom stereocenters. The Hall–Kier alpha value is -2.86. The molecule has 148 valence electrons. The van der Waals surface area contributed by atoms with Gasteiger partial charge >= 0.3 is 0 Å². The Labute approximate surface area is 174 Å². The van der Waals surface area contributed by atoms with Gasteiger partial charge < -0.3 is 4.90 Å². The smallest absolute Gasteiger partial charge is 0.247 e. The van der Waals surface area contributed by atoms with Crippen molar-refractivity contribution in [3.05, 3.63) is 76.3 Å².